The number of nitrogens with zero attached hydrogens (tertiary/aromatic N) is 2. The molecule has 23 heavy (non-hydrogen) atoms. The van der Waals surface area contributed by atoms with Crippen LogP contribution in [0.25, 0.3) is 11.1 Å². The summed E-state index contributed by atoms with van der Waals surface area (Å²) in [4.78, 5) is 19.8. The molecule has 5 heteroatoms. The maximum atomic E-state index is 11.9. The summed E-state index contributed by atoms with van der Waals surface area (Å²) in [7, 11) is 0. The maximum Gasteiger partial charge on any atom is 0.263 e. The zero-order valence-electron chi connectivity index (χ0n) is 12.3. The molecule has 0 bridgehead atoms. The van der Waals surface area contributed by atoms with Crippen molar-refractivity contribution in [2.24, 2.45) is 0 Å². The average Bonchev–Trinajstić information content (AvgIpc) is 2.62. The number of ether oxygens (including phenoxy) is 1. The van der Waals surface area contributed by atoms with Gasteiger partial charge >= 0.3 is 0 Å². The number of rotatable bonds is 5. The van der Waals surface area contributed by atoms with Crippen molar-refractivity contribution < 1.29 is 9.53 Å². The Labute approximate surface area is 134 Å². The van der Waals surface area contributed by atoms with Gasteiger partial charge in [0.05, 0.1) is 6.20 Å². The second-order valence-corrected chi connectivity index (χ2v) is 4.79. The normalized spacial score (nSPS) is 10.1. The van der Waals surface area contributed by atoms with Crippen LogP contribution in [0.3, 0.4) is 0 Å². The van der Waals surface area contributed by atoms with Crippen LogP contribution in [-0.4, -0.2) is 22.5 Å². The van der Waals surface area contributed by atoms with Gasteiger partial charge in [0.15, 0.2) is 12.4 Å². The third-order valence-electron chi connectivity index (χ3n) is 3.16. The molecule has 0 radical (unpaired) electrons. The first-order valence-corrected chi connectivity index (χ1v) is 7.16. The second kappa shape index (κ2) is 7.17. The number of carbonyl (C=O) groups excluding carboxylic acids is 1. The van der Waals surface area contributed by atoms with Crippen LogP contribution < -0.4 is 10.1 Å². The number of aromatic nitrogens is 2. The predicted octanol–water partition coefficient (Wildman–Crippen LogP) is 3.16. The van der Waals surface area contributed by atoms with Crippen molar-refractivity contribution in [3.8, 4) is 16.9 Å². The minimum atomic E-state index is -0.284. The zero-order valence-corrected chi connectivity index (χ0v) is 12.3. The number of anilines is 1. The van der Waals surface area contributed by atoms with E-state index in [2.05, 4.69) is 15.3 Å². The van der Waals surface area contributed by atoms with E-state index in [0.29, 0.717) is 11.6 Å². The molecule has 5 nitrogen and oxygen atoms in total. The molecule has 0 saturated carbocycles. The van der Waals surface area contributed by atoms with Crippen molar-refractivity contribution in [1.82, 2.24) is 9.97 Å². The molecule has 3 rings (SSSR count). The van der Waals surface area contributed by atoms with E-state index in [1.165, 1.54) is 12.4 Å². The highest BCUT2D eigenvalue weighted by Gasteiger charge is 2.08. The van der Waals surface area contributed by atoms with Gasteiger partial charge in [0, 0.05) is 18.0 Å². The van der Waals surface area contributed by atoms with E-state index >= 15 is 0 Å². The average molecular weight is 305 g/mol. The molecule has 0 aliphatic heterocycles. The number of para-hydroxylation sites is 1. The Morgan fingerprint density at radius 1 is 1.00 bits per heavy atom. The van der Waals surface area contributed by atoms with Crippen molar-refractivity contribution >= 4 is 11.7 Å². The van der Waals surface area contributed by atoms with Gasteiger partial charge in [0.1, 0.15) is 5.75 Å². The van der Waals surface area contributed by atoms with Gasteiger partial charge in [-0.3, -0.25) is 9.78 Å². The standard InChI is InChI=1S/C18H15N3O2/c22-18(21-17-12-19-10-11-20-17)13-23-16-9-5-4-8-15(16)14-6-2-1-3-7-14/h1-12H,13H2,(H,20,21,22). The second-order valence-electron chi connectivity index (χ2n) is 4.79. The largest absolute Gasteiger partial charge is 0.483 e. The van der Waals surface area contributed by atoms with Gasteiger partial charge in [-0.05, 0) is 11.6 Å². The first-order valence-electron chi connectivity index (χ1n) is 7.16. The summed E-state index contributed by atoms with van der Waals surface area (Å²) in [6.07, 6.45) is 4.54. The molecule has 0 unspecified atom stereocenters. The highest BCUT2D eigenvalue weighted by atomic mass is 16.5. The number of carbonyl (C=O) groups is 1. The molecule has 0 atom stereocenters. The fourth-order valence-electron chi connectivity index (χ4n) is 2.13. The quantitative estimate of drug-likeness (QED) is 0.786. The summed E-state index contributed by atoms with van der Waals surface area (Å²) in [6.45, 7) is -0.0968. The molecule has 0 aliphatic carbocycles. The minimum Gasteiger partial charge on any atom is -0.483 e. The molecule has 0 fully saturated rings. The molecule has 0 aliphatic rings. The predicted molar refractivity (Wildman–Crippen MR) is 88.0 cm³/mol. The van der Waals surface area contributed by atoms with Crippen molar-refractivity contribution in [3.63, 3.8) is 0 Å². The lowest BCUT2D eigenvalue weighted by atomic mass is 10.1. The Bertz CT molecular complexity index is 777. The zero-order chi connectivity index (χ0) is 15.9. The molecule has 0 saturated heterocycles. The Hall–Kier alpha value is -3.21. The van der Waals surface area contributed by atoms with Gasteiger partial charge in [-0.25, -0.2) is 4.98 Å². The van der Waals surface area contributed by atoms with Gasteiger partial charge in [0.25, 0.3) is 5.91 Å². The van der Waals surface area contributed by atoms with Crippen molar-refractivity contribution in [1.29, 1.82) is 0 Å². The Morgan fingerprint density at radius 3 is 2.57 bits per heavy atom. The molecule has 3 aromatic rings. The van der Waals surface area contributed by atoms with Crippen LogP contribution in [0.2, 0.25) is 0 Å². The van der Waals surface area contributed by atoms with Crippen LogP contribution in [0, 0.1) is 0 Å². The van der Waals surface area contributed by atoms with Crippen LogP contribution in [-0.2, 0) is 4.79 Å². The highest BCUT2D eigenvalue weighted by molar-refractivity contribution is 5.90. The monoisotopic (exact) mass is 305 g/mol. The van der Waals surface area contributed by atoms with E-state index in [4.69, 9.17) is 4.74 Å². The lowest BCUT2D eigenvalue weighted by molar-refractivity contribution is -0.118. The van der Waals surface area contributed by atoms with Gasteiger partial charge in [-0.1, -0.05) is 48.5 Å². The molecule has 1 aromatic heterocycles. The third kappa shape index (κ3) is 3.91. The summed E-state index contributed by atoms with van der Waals surface area (Å²) >= 11 is 0. The number of amides is 1. The summed E-state index contributed by atoms with van der Waals surface area (Å²) in [6, 6.07) is 17.5. The lowest BCUT2D eigenvalue weighted by Crippen LogP contribution is -2.21. The van der Waals surface area contributed by atoms with Gasteiger partial charge in [-0.15, -0.1) is 0 Å². The van der Waals surface area contributed by atoms with E-state index in [-0.39, 0.29) is 12.5 Å². The minimum absolute atomic E-state index is 0.0968. The summed E-state index contributed by atoms with van der Waals surface area (Å²) in [5.74, 6) is 0.777. The Kier molecular flexibility index (Phi) is 4.59. The smallest absolute Gasteiger partial charge is 0.263 e. The summed E-state index contributed by atoms with van der Waals surface area (Å²) < 4.78 is 5.67. The van der Waals surface area contributed by atoms with Crippen LogP contribution in [0.4, 0.5) is 5.82 Å². The molecule has 1 N–H and O–H groups in total. The number of hydrogen-bond acceptors (Lipinski definition) is 4. The van der Waals surface area contributed by atoms with E-state index < -0.39 is 0 Å². The van der Waals surface area contributed by atoms with E-state index in [1.807, 2.05) is 54.6 Å². The first-order chi connectivity index (χ1) is 11.3. The molecule has 114 valence electrons. The Balaban J connectivity index is 1.68. The van der Waals surface area contributed by atoms with Crippen molar-refractivity contribution in [2.45, 2.75) is 0 Å². The molecule has 1 heterocycles. The summed E-state index contributed by atoms with van der Waals surface area (Å²) in [5, 5.41) is 2.63. The number of nitrogens with one attached hydrogen (secondary N) is 1. The van der Waals surface area contributed by atoms with Crippen molar-refractivity contribution in [3.05, 3.63) is 73.2 Å². The SMILES string of the molecule is O=C(COc1ccccc1-c1ccccc1)Nc1cnccn1. The van der Waals surface area contributed by atoms with Crippen LogP contribution in [0.15, 0.2) is 73.2 Å². The number of benzene rings is 2. The van der Waals surface area contributed by atoms with E-state index in [0.717, 1.165) is 11.1 Å². The highest BCUT2D eigenvalue weighted by Crippen LogP contribution is 2.29. The Morgan fingerprint density at radius 2 is 1.78 bits per heavy atom. The van der Waals surface area contributed by atoms with E-state index in [9.17, 15) is 4.79 Å². The lowest BCUT2D eigenvalue weighted by Gasteiger charge is -2.11. The third-order valence-corrected chi connectivity index (χ3v) is 3.16. The van der Waals surface area contributed by atoms with Crippen LogP contribution >= 0.6 is 0 Å². The molecular formula is C18H15N3O2. The molecule has 2 aromatic carbocycles. The van der Waals surface area contributed by atoms with Gasteiger partial charge < -0.3 is 10.1 Å². The number of hydrogen-bond donors (Lipinski definition) is 1. The fraction of sp³-hybridized carbons (Fsp3) is 0.0556. The van der Waals surface area contributed by atoms with Crippen molar-refractivity contribution in [2.75, 3.05) is 11.9 Å². The molecule has 1 amide bonds. The van der Waals surface area contributed by atoms with Gasteiger partial charge in [-0.2, -0.15) is 0 Å². The van der Waals surface area contributed by atoms with Crippen LogP contribution in [0.5, 0.6) is 5.75 Å². The van der Waals surface area contributed by atoms with Gasteiger partial charge in [0.2, 0.25) is 0 Å². The topological polar surface area (TPSA) is 64.1 Å². The summed E-state index contributed by atoms with van der Waals surface area (Å²) in [5.41, 5.74) is 1.98. The first kappa shape index (κ1) is 14.7. The fourth-order valence-corrected chi connectivity index (χ4v) is 2.13. The molecular weight excluding hydrogens is 290 g/mol. The van der Waals surface area contributed by atoms with Crippen LogP contribution in [0.1, 0.15) is 0 Å². The maximum absolute atomic E-state index is 11.9. The molecule has 0 spiro atoms. The van der Waals surface area contributed by atoms with E-state index in [1.54, 1.807) is 6.20 Å².